The van der Waals surface area contributed by atoms with Crippen molar-refractivity contribution in [1.82, 2.24) is 5.32 Å². The highest BCUT2D eigenvalue weighted by atomic mass is 35.5. The summed E-state index contributed by atoms with van der Waals surface area (Å²) in [5, 5.41) is 8.00. The third-order valence-corrected chi connectivity index (χ3v) is 8.18. The Balaban J connectivity index is 0.00000240. The smallest absolute Gasteiger partial charge is 0.0222 e. The first-order valence-electron chi connectivity index (χ1n) is 10.3. The van der Waals surface area contributed by atoms with Crippen LogP contribution in [0.1, 0.15) is 31.2 Å². The molecule has 4 heteroatoms. The Bertz CT molecular complexity index is 833. The molecule has 152 valence electrons. The van der Waals surface area contributed by atoms with E-state index in [-0.39, 0.29) is 18.4 Å². The molecule has 1 aliphatic rings. The molecule has 2 nitrogen and oxygen atoms in total. The molecule has 0 aromatic heterocycles. The molecule has 3 N–H and O–H groups in total. The molecule has 0 aliphatic heterocycles. The second kappa shape index (κ2) is 10.9. The van der Waals surface area contributed by atoms with Gasteiger partial charge in [0.25, 0.3) is 0 Å². The van der Waals surface area contributed by atoms with Gasteiger partial charge in [-0.1, -0.05) is 97.8 Å². The van der Waals surface area contributed by atoms with Crippen molar-refractivity contribution in [1.29, 1.82) is 0 Å². The van der Waals surface area contributed by atoms with Crippen molar-refractivity contribution in [3.05, 3.63) is 90.5 Å². The first-order valence-corrected chi connectivity index (χ1v) is 11.6. The average molecular weight is 425 g/mol. The molecule has 2 atom stereocenters. The van der Waals surface area contributed by atoms with Crippen LogP contribution in [0.4, 0.5) is 0 Å². The third-order valence-electron chi connectivity index (χ3n) is 5.64. The molecule has 0 spiro atoms. The van der Waals surface area contributed by atoms with Gasteiger partial charge < -0.3 is 11.1 Å². The first kappa shape index (κ1) is 22.0. The van der Waals surface area contributed by atoms with E-state index in [0.717, 1.165) is 13.0 Å². The summed E-state index contributed by atoms with van der Waals surface area (Å²) >= 11 is 0. The quantitative estimate of drug-likeness (QED) is 0.581. The molecule has 0 unspecified atom stereocenters. The minimum absolute atomic E-state index is 0. The number of nitrogens with one attached hydrogen (secondary N) is 1. The summed E-state index contributed by atoms with van der Waals surface area (Å²) in [6, 6.07) is 31.5. The fraction of sp³-hybridized carbons (Fsp3) is 0.280. The van der Waals surface area contributed by atoms with Gasteiger partial charge in [-0.3, -0.25) is 0 Å². The van der Waals surface area contributed by atoms with Gasteiger partial charge in [-0.15, -0.1) is 12.4 Å². The van der Waals surface area contributed by atoms with E-state index in [4.69, 9.17) is 5.73 Å². The molecule has 1 aliphatic carbocycles. The van der Waals surface area contributed by atoms with Gasteiger partial charge in [0.05, 0.1) is 0 Å². The van der Waals surface area contributed by atoms with Crippen LogP contribution in [0.25, 0.3) is 0 Å². The van der Waals surface area contributed by atoms with Crippen LogP contribution >= 0.6 is 20.3 Å². The highest BCUT2D eigenvalue weighted by molar-refractivity contribution is 7.79. The maximum absolute atomic E-state index is 6.36. The van der Waals surface area contributed by atoms with Crippen molar-refractivity contribution in [3.8, 4) is 0 Å². The second-order valence-electron chi connectivity index (χ2n) is 7.57. The summed E-state index contributed by atoms with van der Waals surface area (Å²) in [7, 11) is -0.578. The molecule has 1 saturated carbocycles. The molecule has 3 aromatic carbocycles. The summed E-state index contributed by atoms with van der Waals surface area (Å²) in [5.74, 6) is 0. The van der Waals surface area contributed by atoms with Crippen molar-refractivity contribution >= 4 is 36.2 Å². The zero-order chi connectivity index (χ0) is 19.2. The van der Waals surface area contributed by atoms with Gasteiger partial charge in [0, 0.05) is 18.6 Å². The van der Waals surface area contributed by atoms with Crippen molar-refractivity contribution in [3.63, 3.8) is 0 Å². The largest absolute Gasteiger partial charge is 0.326 e. The van der Waals surface area contributed by atoms with Gasteiger partial charge in [-0.25, -0.2) is 0 Å². The lowest BCUT2D eigenvalue weighted by Gasteiger charge is -2.30. The Morgan fingerprint density at radius 3 is 1.93 bits per heavy atom. The minimum atomic E-state index is -0.578. The molecule has 0 heterocycles. The van der Waals surface area contributed by atoms with Crippen LogP contribution in [0.15, 0.2) is 84.9 Å². The minimum Gasteiger partial charge on any atom is -0.326 e. The van der Waals surface area contributed by atoms with Gasteiger partial charge in [0.15, 0.2) is 0 Å². The predicted molar refractivity (Wildman–Crippen MR) is 129 cm³/mol. The lowest BCUT2D eigenvalue weighted by Crippen LogP contribution is -2.47. The standard InChI is InChI=1S/C25H29N2P.ClH/c26-23-16-8-9-17-24(23)27-19-20-11-7-10-18-25(20)28(21-12-3-1-4-13-21)22-14-5-2-6-15-22;/h1-7,10-15,18,23-24,27H,8-9,16-17,19,26H2;1H/t23-,24-;/m1./s1. The normalized spacial score (nSPS) is 19.0. The Kier molecular flexibility index (Phi) is 8.27. The van der Waals surface area contributed by atoms with E-state index >= 15 is 0 Å². The number of rotatable bonds is 6. The van der Waals surface area contributed by atoms with Crippen LogP contribution in [0, 0.1) is 0 Å². The number of nitrogens with two attached hydrogens (primary N) is 1. The highest BCUT2D eigenvalue weighted by Crippen LogP contribution is 2.34. The fourth-order valence-corrected chi connectivity index (χ4v) is 6.58. The van der Waals surface area contributed by atoms with Crippen LogP contribution in [0.2, 0.25) is 0 Å². The van der Waals surface area contributed by atoms with E-state index in [1.165, 1.54) is 40.7 Å². The average Bonchev–Trinajstić information content (AvgIpc) is 2.76. The molecule has 0 saturated heterocycles. The highest BCUT2D eigenvalue weighted by Gasteiger charge is 2.23. The van der Waals surface area contributed by atoms with E-state index in [1.54, 1.807) is 0 Å². The molecule has 0 amide bonds. The lowest BCUT2D eigenvalue weighted by atomic mass is 9.91. The number of hydrogen-bond acceptors (Lipinski definition) is 2. The molecular formula is C25H30ClN2P. The van der Waals surface area contributed by atoms with Crippen LogP contribution in [-0.4, -0.2) is 12.1 Å². The molecule has 4 rings (SSSR count). The van der Waals surface area contributed by atoms with E-state index in [2.05, 4.69) is 90.2 Å². The van der Waals surface area contributed by atoms with Crippen LogP contribution in [-0.2, 0) is 6.54 Å². The van der Waals surface area contributed by atoms with Crippen molar-refractivity contribution in [2.45, 2.75) is 44.3 Å². The molecular weight excluding hydrogens is 395 g/mol. The summed E-state index contributed by atoms with van der Waals surface area (Å²) in [4.78, 5) is 0. The van der Waals surface area contributed by atoms with E-state index < -0.39 is 7.92 Å². The van der Waals surface area contributed by atoms with Crippen molar-refractivity contribution in [2.24, 2.45) is 5.73 Å². The van der Waals surface area contributed by atoms with Gasteiger partial charge >= 0.3 is 0 Å². The zero-order valence-corrected chi connectivity index (χ0v) is 18.4. The lowest BCUT2D eigenvalue weighted by molar-refractivity contribution is 0.327. The zero-order valence-electron chi connectivity index (χ0n) is 16.7. The van der Waals surface area contributed by atoms with E-state index in [0.29, 0.717) is 6.04 Å². The maximum Gasteiger partial charge on any atom is 0.0222 e. The van der Waals surface area contributed by atoms with E-state index in [9.17, 15) is 0 Å². The molecule has 3 aromatic rings. The monoisotopic (exact) mass is 424 g/mol. The van der Waals surface area contributed by atoms with Gasteiger partial charge in [0.1, 0.15) is 0 Å². The van der Waals surface area contributed by atoms with Crippen LogP contribution in [0.3, 0.4) is 0 Å². The Morgan fingerprint density at radius 2 is 1.31 bits per heavy atom. The SMILES string of the molecule is Cl.N[C@@H]1CCCC[C@H]1NCc1ccccc1P(c1ccccc1)c1ccccc1. The van der Waals surface area contributed by atoms with Gasteiger partial charge in [-0.05, 0) is 42.2 Å². The molecule has 0 bridgehead atoms. The Morgan fingerprint density at radius 1 is 0.759 bits per heavy atom. The number of benzene rings is 3. The first-order chi connectivity index (χ1) is 13.8. The molecule has 0 radical (unpaired) electrons. The summed E-state index contributed by atoms with van der Waals surface area (Å²) < 4.78 is 0. The van der Waals surface area contributed by atoms with E-state index in [1.807, 2.05) is 0 Å². The number of hydrogen-bond donors (Lipinski definition) is 2. The van der Waals surface area contributed by atoms with Crippen LogP contribution in [0.5, 0.6) is 0 Å². The fourth-order valence-electron chi connectivity index (χ4n) is 4.11. The second-order valence-corrected chi connectivity index (χ2v) is 9.76. The summed E-state index contributed by atoms with van der Waals surface area (Å²) in [6.07, 6.45) is 4.88. The van der Waals surface area contributed by atoms with Crippen molar-refractivity contribution < 1.29 is 0 Å². The summed E-state index contributed by atoms with van der Waals surface area (Å²) in [6.45, 7) is 0.882. The van der Waals surface area contributed by atoms with Crippen LogP contribution < -0.4 is 27.0 Å². The predicted octanol–water partition coefficient (Wildman–Crippen LogP) is 4.23. The summed E-state index contributed by atoms with van der Waals surface area (Å²) in [5.41, 5.74) is 7.75. The molecule has 1 fully saturated rings. The topological polar surface area (TPSA) is 38.0 Å². The van der Waals surface area contributed by atoms with Crippen molar-refractivity contribution in [2.75, 3.05) is 0 Å². The Hall–Kier alpha value is -1.70. The Labute approximate surface area is 182 Å². The maximum atomic E-state index is 6.36. The van der Waals surface area contributed by atoms with Gasteiger partial charge in [0.2, 0.25) is 0 Å². The van der Waals surface area contributed by atoms with Gasteiger partial charge in [-0.2, -0.15) is 0 Å². The molecule has 29 heavy (non-hydrogen) atoms. The third kappa shape index (κ3) is 5.47. The number of halogens is 1.